The summed E-state index contributed by atoms with van der Waals surface area (Å²) in [7, 11) is 0. The number of aldehydes is 1. The van der Waals surface area contributed by atoms with Crippen LogP contribution >= 0.6 is 15.9 Å². The van der Waals surface area contributed by atoms with Gasteiger partial charge in [-0.2, -0.15) is 5.26 Å². The van der Waals surface area contributed by atoms with Gasteiger partial charge in [-0.25, -0.2) is 4.98 Å². The molecule has 1 heterocycles. The molecule has 94 valence electrons. The van der Waals surface area contributed by atoms with Crippen molar-refractivity contribution in [2.45, 2.75) is 6.61 Å². The number of carbonyl (C=O) groups excluding carboxylic acids is 1. The Morgan fingerprint density at radius 2 is 2.21 bits per heavy atom. The number of benzene rings is 1. The van der Waals surface area contributed by atoms with Gasteiger partial charge in [-0.3, -0.25) is 4.79 Å². The minimum absolute atomic E-state index is 0.181. The smallest absolute Gasteiger partial charge is 0.153 e. The van der Waals surface area contributed by atoms with E-state index in [0.717, 1.165) is 6.29 Å². The van der Waals surface area contributed by atoms with Crippen LogP contribution in [-0.2, 0) is 6.61 Å². The number of carbonyl (C=O) groups is 1. The first-order chi connectivity index (χ1) is 9.26. The second kappa shape index (κ2) is 6.12. The molecule has 0 saturated carbocycles. The number of nitriles is 1. The van der Waals surface area contributed by atoms with Crippen LogP contribution in [0.1, 0.15) is 21.6 Å². The lowest BCUT2D eigenvalue weighted by Crippen LogP contribution is -2.02. The maximum absolute atomic E-state index is 10.9. The summed E-state index contributed by atoms with van der Waals surface area (Å²) in [5.41, 5.74) is 1.46. The standard InChI is InChI=1S/C14H9BrN2O2/c15-12-5-1-3-10(8-18)14(12)19-9-11-4-2-6-17-13(11)7-16/h1-6,8H,9H2. The van der Waals surface area contributed by atoms with E-state index < -0.39 is 0 Å². The molecule has 0 aliphatic heterocycles. The molecule has 0 aliphatic rings. The van der Waals surface area contributed by atoms with Crippen LogP contribution in [0.15, 0.2) is 41.0 Å². The van der Waals surface area contributed by atoms with E-state index in [1.54, 1.807) is 36.5 Å². The molecule has 1 aromatic heterocycles. The number of ether oxygens (including phenoxy) is 1. The van der Waals surface area contributed by atoms with Gasteiger partial charge < -0.3 is 4.74 Å². The largest absolute Gasteiger partial charge is 0.487 e. The second-order valence-electron chi connectivity index (χ2n) is 3.69. The van der Waals surface area contributed by atoms with Crippen molar-refractivity contribution < 1.29 is 9.53 Å². The van der Waals surface area contributed by atoms with E-state index >= 15 is 0 Å². The predicted octanol–water partition coefficient (Wildman–Crippen LogP) is 3.11. The number of aromatic nitrogens is 1. The number of hydrogen-bond acceptors (Lipinski definition) is 4. The molecule has 0 N–H and O–H groups in total. The summed E-state index contributed by atoms with van der Waals surface area (Å²) in [5.74, 6) is 0.463. The lowest BCUT2D eigenvalue weighted by atomic mass is 10.2. The van der Waals surface area contributed by atoms with E-state index in [-0.39, 0.29) is 6.61 Å². The van der Waals surface area contributed by atoms with Crippen molar-refractivity contribution in [1.82, 2.24) is 4.98 Å². The van der Waals surface area contributed by atoms with Crippen molar-refractivity contribution in [2.75, 3.05) is 0 Å². The first-order valence-corrected chi connectivity index (χ1v) is 6.26. The van der Waals surface area contributed by atoms with E-state index in [9.17, 15) is 4.79 Å². The minimum atomic E-state index is 0.181. The van der Waals surface area contributed by atoms with Crippen LogP contribution in [0.25, 0.3) is 0 Å². The summed E-state index contributed by atoms with van der Waals surface area (Å²) in [5, 5.41) is 8.94. The van der Waals surface area contributed by atoms with Gasteiger partial charge in [-0.1, -0.05) is 12.1 Å². The Kier molecular flexibility index (Phi) is 4.26. The average Bonchev–Trinajstić information content (AvgIpc) is 2.46. The predicted molar refractivity (Wildman–Crippen MR) is 72.8 cm³/mol. The van der Waals surface area contributed by atoms with Crippen LogP contribution < -0.4 is 4.74 Å². The molecular formula is C14H9BrN2O2. The fourth-order valence-corrected chi connectivity index (χ4v) is 2.07. The zero-order chi connectivity index (χ0) is 13.7. The first-order valence-electron chi connectivity index (χ1n) is 5.46. The molecule has 0 radical (unpaired) electrons. The number of para-hydroxylation sites is 1. The fraction of sp³-hybridized carbons (Fsp3) is 0.0714. The summed E-state index contributed by atoms with van der Waals surface area (Å²) in [6.07, 6.45) is 2.28. The van der Waals surface area contributed by atoms with Gasteiger partial charge in [0.05, 0.1) is 10.0 Å². The molecule has 0 saturated heterocycles. The molecular weight excluding hydrogens is 308 g/mol. The van der Waals surface area contributed by atoms with Gasteiger partial charge >= 0.3 is 0 Å². The Morgan fingerprint density at radius 1 is 1.37 bits per heavy atom. The first kappa shape index (κ1) is 13.2. The maximum atomic E-state index is 10.9. The van der Waals surface area contributed by atoms with Gasteiger partial charge in [0.25, 0.3) is 0 Å². The topological polar surface area (TPSA) is 63.0 Å². The quantitative estimate of drug-likeness (QED) is 0.813. The van der Waals surface area contributed by atoms with Crippen molar-refractivity contribution in [2.24, 2.45) is 0 Å². The van der Waals surface area contributed by atoms with Crippen molar-refractivity contribution in [3.63, 3.8) is 0 Å². The molecule has 1 aromatic carbocycles. The lowest BCUT2D eigenvalue weighted by Gasteiger charge is -2.10. The van der Waals surface area contributed by atoms with Crippen LogP contribution in [0, 0.1) is 11.3 Å². The second-order valence-corrected chi connectivity index (χ2v) is 4.54. The number of hydrogen-bond donors (Lipinski definition) is 0. The van der Waals surface area contributed by atoms with E-state index in [2.05, 4.69) is 20.9 Å². The molecule has 0 atom stereocenters. The number of pyridine rings is 1. The van der Waals surface area contributed by atoms with Gasteiger partial charge in [0.15, 0.2) is 6.29 Å². The highest BCUT2D eigenvalue weighted by molar-refractivity contribution is 9.10. The summed E-state index contributed by atoms with van der Waals surface area (Å²) in [4.78, 5) is 14.9. The highest BCUT2D eigenvalue weighted by Crippen LogP contribution is 2.28. The molecule has 0 fully saturated rings. The lowest BCUT2D eigenvalue weighted by molar-refractivity contribution is 0.111. The Bertz CT molecular complexity index is 650. The van der Waals surface area contributed by atoms with Gasteiger partial charge in [0.2, 0.25) is 0 Å². The minimum Gasteiger partial charge on any atom is -0.487 e. The summed E-state index contributed by atoms with van der Waals surface area (Å²) < 4.78 is 6.31. The van der Waals surface area contributed by atoms with Gasteiger partial charge in [0.1, 0.15) is 24.1 Å². The Hall–Kier alpha value is -2.19. The van der Waals surface area contributed by atoms with Gasteiger partial charge in [-0.05, 0) is 34.1 Å². The summed E-state index contributed by atoms with van der Waals surface area (Å²) in [6, 6.07) is 10.7. The zero-order valence-electron chi connectivity index (χ0n) is 9.84. The molecule has 0 aliphatic carbocycles. The molecule has 0 unspecified atom stereocenters. The van der Waals surface area contributed by atoms with Crippen molar-refractivity contribution in [1.29, 1.82) is 5.26 Å². The molecule has 2 rings (SSSR count). The van der Waals surface area contributed by atoms with Crippen LogP contribution in [0.2, 0.25) is 0 Å². The molecule has 2 aromatic rings. The number of nitrogens with zero attached hydrogens (tertiary/aromatic N) is 2. The third-order valence-electron chi connectivity index (χ3n) is 2.49. The zero-order valence-corrected chi connectivity index (χ0v) is 11.4. The maximum Gasteiger partial charge on any atom is 0.153 e. The number of halogens is 1. The van der Waals surface area contributed by atoms with Gasteiger partial charge in [0, 0.05) is 11.8 Å². The Balaban J connectivity index is 2.24. The van der Waals surface area contributed by atoms with E-state index in [4.69, 9.17) is 10.00 Å². The molecule has 0 bridgehead atoms. The SMILES string of the molecule is N#Cc1ncccc1COc1c(Br)cccc1C=O. The third-order valence-corrected chi connectivity index (χ3v) is 3.12. The van der Waals surface area contributed by atoms with Crippen LogP contribution in [0.4, 0.5) is 0 Å². The van der Waals surface area contributed by atoms with Crippen LogP contribution in [-0.4, -0.2) is 11.3 Å². The van der Waals surface area contributed by atoms with Gasteiger partial charge in [-0.15, -0.1) is 0 Å². The normalized spacial score (nSPS) is 9.68. The Morgan fingerprint density at radius 3 is 2.95 bits per heavy atom. The highest BCUT2D eigenvalue weighted by Gasteiger charge is 2.09. The average molecular weight is 317 g/mol. The summed E-state index contributed by atoms with van der Waals surface area (Å²) >= 11 is 3.33. The van der Waals surface area contributed by atoms with E-state index in [1.807, 2.05) is 6.07 Å². The molecule has 4 nitrogen and oxygen atoms in total. The van der Waals surface area contributed by atoms with Crippen LogP contribution in [0.5, 0.6) is 5.75 Å². The Labute approximate surface area is 118 Å². The van der Waals surface area contributed by atoms with Crippen molar-refractivity contribution >= 4 is 22.2 Å². The molecule has 0 amide bonds. The number of rotatable bonds is 4. The van der Waals surface area contributed by atoms with E-state index in [0.29, 0.717) is 27.0 Å². The van der Waals surface area contributed by atoms with Crippen LogP contribution in [0.3, 0.4) is 0 Å². The van der Waals surface area contributed by atoms with E-state index in [1.165, 1.54) is 0 Å². The highest BCUT2D eigenvalue weighted by atomic mass is 79.9. The molecule has 5 heteroatoms. The molecule has 19 heavy (non-hydrogen) atoms. The summed E-state index contributed by atoms with van der Waals surface area (Å²) in [6.45, 7) is 0.181. The van der Waals surface area contributed by atoms with Crippen molar-refractivity contribution in [3.05, 3.63) is 57.8 Å². The monoisotopic (exact) mass is 316 g/mol. The fourth-order valence-electron chi connectivity index (χ4n) is 1.58. The molecule has 0 spiro atoms. The third kappa shape index (κ3) is 2.98. The van der Waals surface area contributed by atoms with Crippen molar-refractivity contribution in [3.8, 4) is 11.8 Å².